The average molecular weight is 158 g/mol. The van der Waals surface area contributed by atoms with Crippen LogP contribution in [0.4, 0.5) is 0 Å². The highest BCUT2D eigenvalue weighted by Gasteiger charge is 2.34. The van der Waals surface area contributed by atoms with E-state index in [9.17, 15) is 4.79 Å². The number of hydrogen-bond donors (Lipinski definition) is 2. The maximum atomic E-state index is 10.4. The second kappa shape index (κ2) is 2.79. The summed E-state index contributed by atoms with van der Waals surface area (Å²) < 4.78 is 0. The summed E-state index contributed by atoms with van der Waals surface area (Å²) in [7, 11) is 1.95. The molecule has 1 saturated heterocycles. The van der Waals surface area contributed by atoms with Gasteiger partial charge < -0.3 is 15.7 Å². The van der Waals surface area contributed by atoms with E-state index in [2.05, 4.69) is 4.90 Å². The molecule has 3 N–H and O–H groups in total. The zero-order valence-electron chi connectivity index (χ0n) is 6.71. The minimum absolute atomic E-state index is 0.0807. The van der Waals surface area contributed by atoms with E-state index in [1.807, 2.05) is 7.05 Å². The van der Waals surface area contributed by atoms with Crippen molar-refractivity contribution in [2.24, 2.45) is 5.73 Å². The Hall–Kier alpha value is -0.610. The first-order valence-electron chi connectivity index (χ1n) is 3.71. The second-order valence-electron chi connectivity index (χ2n) is 3.42. The molecule has 0 aromatic rings. The summed E-state index contributed by atoms with van der Waals surface area (Å²) in [5, 5.41) is 8.53. The Morgan fingerprint density at radius 3 is 2.82 bits per heavy atom. The van der Waals surface area contributed by atoms with Gasteiger partial charge in [0.05, 0.1) is 6.42 Å². The fraction of sp³-hybridized carbons (Fsp3) is 0.857. The number of carbonyl (C=O) groups is 1. The third-order valence-corrected chi connectivity index (χ3v) is 2.08. The van der Waals surface area contributed by atoms with Gasteiger partial charge in [-0.25, -0.2) is 0 Å². The first-order chi connectivity index (χ1) is 5.02. The standard InChI is InChI=1S/C7H14N2O2/c1-9-3-2-7(8,5-9)4-6(10)11/h2-5,8H2,1H3,(H,10,11). The maximum Gasteiger partial charge on any atom is 0.305 e. The van der Waals surface area contributed by atoms with Crippen molar-refractivity contribution in [3.05, 3.63) is 0 Å². The molecule has 1 atom stereocenters. The molecule has 64 valence electrons. The van der Waals surface area contributed by atoms with E-state index in [4.69, 9.17) is 10.8 Å². The molecule has 1 rings (SSSR count). The molecular formula is C7H14N2O2. The van der Waals surface area contributed by atoms with Crippen LogP contribution in [-0.2, 0) is 4.79 Å². The number of likely N-dealkylation sites (tertiary alicyclic amines) is 1. The lowest BCUT2D eigenvalue weighted by atomic mass is 9.96. The van der Waals surface area contributed by atoms with Crippen LogP contribution >= 0.6 is 0 Å². The summed E-state index contributed by atoms with van der Waals surface area (Å²) in [5.41, 5.74) is 5.34. The minimum Gasteiger partial charge on any atom is -0.481 e. The van der Waals surface area contributed by atoms with Gasteiger partial charge in [-0.15, -0.1) is 0 Å². The van der Waals surface area contributed by atoms with Crippen LogP contribution in [0.5, 0.6) is 0 Å². The first-order valence-corrected chi connectivity index (χ1v) is 3.71. The predicted octanol–water partition coefficient (Wildman–Crippen LogP) is -0.506. The van der Waals surface area contributed by atoms with Gasteiger partial charge in [-0.1, -0.05) is 0 Å². The molecule has 4 heteroatoms. The normalized spacial score (nSPS) is 32.5. The number of nitrogens with zero attached hydrogens (tertiary/aromatic N) is 1. The van der Waals surface area contributed by atoms with E-state index >= 15 is 0 Å². The molecule has 1 aliphatic rings. The Morgan fingerprint density at radius 1 is 1.82 bits per heavy atom. The second-order valence-corrected chi connectivity index (χ2v) is 3.42. The molecule has 0 aliphatic carbocycles. The van der Waals surface area contributed by atoms with Crippen molar-refractivity contribution in [2.45, 2.75) is 18.4 Å². The van der Waals surface area contributed by atoms with Gasteiger partial charge in [0, 0.05) is 12.1 Å². The molecule has 0 spiro atoms. The van der Waals surface area contributed by atoms with E-state index < -0.39 is 11.5 Å². The highest BCUT2D eigenvalue weighted by molar-refractivity contribution is 5.68. The van der Waals surface area contributed by atoms with Crippen LogP contribution < -0.4 is 5.73 Å². The molecule has 1 fully saturated rings. The smallest absolute Gasteiger partial charge is 0.305 e. The summed E-state index contributed by atoms with van der Waals surface area (Å²) in [6.07, 6.45) is 0.868. The number of nitrogens with two attached hydrogens (primary N) is 1. The van der Waals surface area contributed by atoms with Gasteiger partial charge in [0.25, 0.3) is 0 Å². The average Bonchev–Trinajstić information content (AvgIpc) is 2.08. The van der Waals surface area contributed by atoms with Crippen LogP contribution in [0.15, 0.2) is 0 Å². The van der Waals surface area contributed by atoms with Crippen LogP contribution in [0.2, 0.25) is 0 Å². The van der Waals surface area contributed by atoms with Crippen molar-refractivity contribution in [1.29, 1.82) is 0 Å². The number of likely N-dealkylation sites (N-methyl/N-ethyl adjacent to an activating group) is 1. The fourth-order valence-electron chi connectivity index (χ4n) is 1.55. The van der Waals surface area contributed by atoms with E-state index in [0.717, 1.165) is 13.0 Å². The van der Waals surface area contributed by atoms with E-state index in [0.29, 0.717) is 6.54 Å². The monoisotopic (exact) mass is 158 g/mol. The molecule has 0 aromatic heterocycles. The highest BCUT2D eigenvalue weighted by Crippen LogP contribution is 2.20. The maximum absolute atomic E-state index is 10.4. The predicted molar refractivity (Wildman–Crippen MR) is 41.3 cm³/mol. The Labute approximate surface area is 66.0 Å². The van der Waals surface area contributed by atoms with Gasteiger partial charge in [-0.2, -0.15) is 0 Å². The summed E-state index contributed by atoms with van der Waals surface area (Å²) in [5.74, 6) is -0.803. The molecular weight excluding hydrogens is 144 g/mol. The number of carboxylic acids is 1. The van der Waals surface area contributed by atoms with Crippen LogP contribution in [0.3, 0.4) is 0 Å². The van der Waals surface area contributed by atoms with Crippen LogP contribution in [0, 0.1) is 0 Å². The SMILES string of the molecule is CN1CCC(N)(CC(=O)O)C1. The highest BCUT2D eigenvalue weighted by atomic mass is 16.4. The van der Waals surface area contributed by atoms with Crippen molar-refractivity contribution in [3.63, 3.8) is 0 Å². The fourth-order valence-corrected chi connectivity index (χ4v) is 1.55. The number of aliphatic carboxylic acids is 1. The number of hydrogen-bond acceptors (Lipinski definition) is 3. The first kappa shape index (κ1) is 8.49. The summed E-state index contributed by atoms with van der Waals surface area (Å²) in [6, 6.07) is 0. The third kappa shape index (κ3) is 2.17. The molecule has 1 unspecified atom stereocenters. The zero-order valence-corrected chi connectivity index (χ0v) is 6.71. The summed E-state index contributed by atoms with van der Waals surface area (Å²) in [4.78, 5) is 12.4. The Kier molecular flexibility index (Phi) is 2.15. The minimum atomic E-state index is -0.803. The van der Waals surface area contributed by atoms with Crippen LogP contribution in [0.25, 0.3) is 0 Å². The molecule has 0 bridgehead atoms. The topological polar surface area (TPSA) is 66.6 Å². The molecule has 0 radical (unpaired) electrons. The van der Waals surface area contributed by atoms with Crippen molar-refractivity contribution >= 4 is 5.97 Å². The third-order valence-electron chi connectivity index (χ3n) is 2.08. The lowest BCUT2D eigenvalue weighted by Crippen LogP contribution is -2.43. The zero-order chi connectivity index (χ0) is 8.48. The largest absolute Gasteiger partial charge is 0.481 e. The van der Waals surface area contributed by atoms with Crippen molar-refractivity contribution in [2.75, 3.05) is 20.1 Å². The van der Waals surface area contributed by atoms with E-state index in [1.54, 1.807) is 0 Å². The summed E-state index contributed by atoms with van der Waals surface area (Å²) in [6.45, 7) is 1.60. The van der Waals surface area contributed by atoms with Gasteiger partial charge in [-0.05, 0) is 20.0 Å². The molecule has 11 heavy (non-hydrogen) atoms. The van der Waals surface area contributed by atoms with Crippen molar-refractivity contribution < 1.29 is 9.90 Å². The molecule has 1 aliphatic heterocycles. The molecule has 0 aromatic carbocycles. The van der Waals surface area contributed by atoms with Crippen molar-refractivity contribution in [3.8, 4) is 0 Å². The quantitative estimate of drug-likeness (QED) is 0.568. The van der Waals surface area contributed by atoms with Gasteiger partial charge in [0.15, 0.2) is 0 Å². The molecule has 0 amide bonds. The van der Waals surface area contributed by atoms with E-state index in [1.165, 1.54) is 0 Å². The Balaban J connectivity index is 2.48. The van der Waals surface area contributed by atoms with Gasteiger partial charge >= 0.3 is 5.97 Å². The Morgan fingerprint density at radius 2 is 2.45 bits per heavy atom. The Bertz CT molecular complexity index is 172. The van der Waals surface area contributed by atoms with Gasteiger partial charge in [0.1, 0.15) is 0 Å². The summed E-state index contributed by atoms with van der Waals surface area (Å²) >= 11 is 0. The van der Waals surface area contributed by atoms with Crippen LogP contribution in [-0.4, -0.2) is 41.7 Å². The molecule has 1 heterocycles. The number of carboxylic acid groups (broad SMARTS) is 1. The van der Waals surface area contributed by atoms with E-state index in [-0.39, 0.29) is 6.42 Å². The lowest BCUT2D eigenvalue weighted by Gasteiger charge is -2.20. The van der Waals surface area contributed by atoms with Crippen LogP contribution in [0.1, 0.15) is 12.8 Å². The number of rotatable bonds is 2. The molecule has 0 saturated carbocycles. The lowest BCUT2D eigenvalue weighted by molar-refractivity contribution is -0.138. The molecule has 4 nitrogen and oxygen atoms in total. The van der Waals surface area contributed by atoms with Gasteiger partial charge in [-0.3, -0.25) is 4.79 Å². The van der Waals surface area contributed by atoms with Crippen molar-refractivity contribution in [1.82, 2.24) is 4.90 Å². The van der Waals surface area contributed by atoms with Gasteiger partial charge in [0.2, 0.25) is 0 Å².